The maximum atomic E-state index is 13.7. The highest BCUT2D eigenvalue weighted by atomic mass is 79.9. The Morgan fingerprint density at radius 1 is 1.53 bits per heavy atom. The molecule has 0 aliphatic rings. The van der Waals surface area contributed by atoms with Crippen LogP contribution in [0.2, 0.25) is 0 Å². The minimum Gasteiger partial charge on any atom is -0.477 e. The van der Waals surface area contributed by atoms with E-state index in [4.69, 9.17) is 9.84 Å². The minimum atomic E-state index is -1.17. The second-order valence-electron chi connectivity index (χ2n) is 3.87. The van der Waals surface area contributed by atoms with Crippen LogP contribution in [0.3, 0.4) is 0 Å². The van der Waals surface area contributed by atoms with Crippen molar-refractivity contribution >= 4 is 21.9 Å². The summed E-state index contributed by atoms with van der Waals surface area (Å²) in [5, 5.41) is 13.1. The lowest BCUT2D eigenvalue weighted by molar-refractivity contribution is 0.0693. The van der Waals surface area contributed by atoms with Gasteiger partial charge < -0.3 is 9.84 Å². The number of aromatic carboxylic acids is 1. The van der Waals surface area contributed by atoms with Crippen LogP contribution in [0.25, 0.3) is 0 Å². The van der Waals surface area contributed by atoms with Crippen LogP contribution < -0.4 is 4.74 Å². The highest BCUT2D eigenvalue weighted by Gasteiger charge is 2.22. The van der Waals surface area contributed by atoms with Crippen molar-refractivity contribution in [2.45, 2.75) is 6.92 Å². The number of hydrogen-bond acceptors (Lipinski definition) is 3. The highest BCUT2D eigenvalue weighted by Crippen LogP contribution is 2.30. The van der Waals surface area contributed by atoms with Crippen molar-refractivity contribution in [2.24, 2.45) is 7.05 Å². The Hall–Kier alpha value is -1.89. The van der Waals surface area contributed by atoms with E-state index in [0.29, 0.717) is 10.2 Å². The topological polar surface area (TPSA) is 64.4 Å². The summed E-state index contributed by atoms with van der Waals surface area (Å²) in [4.78, 5) is 11.2. The molecule has 0 bridgehead atoms. The van der Waals surface area contributed by atoms with Gasteiger partial charge in [0.1, 0.15) is 5.56 Å². The third-order valence-corrected chi connectivity index (χ3v) is 2.98. The molecule has 0 saturated carbocycles. The summed E-state index contributed by atoms with van der Waals surface area (Å²) in [5.74, 6) is -1.83. The molecule has 0 fully saturated rings. The van der Waals surface area contributed by atoms with Crippen LogP contribution in [0.5, 0.6) is 11.6 Å². The van der Waals surface area contributed by atoms with E-state index in [2.05, 4.69) is 21.0 Å². The van der Waals surface area contributed by atoms with Gasteiger partial charge in [-0.25, -0.2) is 13.9 Å². The van der Waals surface area contributed by atoms with Gasteiger partial charge in [0.25, 0.3) is 0 Å². The number of halogens is 2. The highest BCUT2D eigenvalue weighted by molar-refractivity contribution is 9.10. The molecule has 0 amide bonds. The molecule has 2 rings (SSSR count). The number of carboxylic acid groups (broad SMARTS) is 1. The van der Waals surface area contributed by atoms with Crippen LogP contribution in [0, 0.1) is 12.7 Å². The molecule has 100 valence electrons. The number of hydrogen-bond donors (Lipinski definition) is 1. The smallest absolute Gasteiger partial charge is 0.343 e. The van der Waals surface area contributed by atoms with E-state index in [0.717, 1.165) is 0 Å². The Morgan fingerprint density at radius 2 is 2.21 bits per heavy atom. The fourth-order valence-corrected chi connectivity index (χ4v) is 2.00. The third-order valence-electron chi connectivity index (χ3n) is 2.48. The normalized spacial score (nSPS) is 10.5. The molecule has 2 aromatic rings. The summed E-state index contributed by atoms with van der Waals surface area (Å²) in [6, 6.07) is 4.24. The molecule has 0 aliphatic heterocycles. The largest absolute Gasteiger partial charge is 0.477 e. The van der Waals surface area contributed by atoms with E-state index in [1.165, 1.54) is 23.9 Å². The SMILES string of the molecule is Cc1nn(C)c(Oc2ccc(Br)cc2F)c1C(=O)O. The van der Waals surface area contributed by atoms with Crippen LogP contribution in [-0.4, -0.2) is 20.9 Å². The summed E-state index contributed by atoms with van der Waals surface area (Å²) in [7, 11) is 1.53. The van der Waals surface area contributed by atoms with Gasteiger partial charge >= 0.3 is 5.97 Å². The molecule has 0 atom stereocenters. The Balaban J connectivity index is 2.46. The fourth-order valence-electron chi connectivity index (χ4n) is 1.66. The quantitative estimate of drug-likeness (QED) is 0.940. The number of ether oxygens (including phenoxy) is 1. The van der Waals surface area contributed by atoms with Gasteiger partial charge in [0, 0.05) is 11.5 Å². The van der Waals surface area contributed by atoms with Crippen LogP contribution in [0.4, 0.5) is 4.39 Å². The molecule has 5 nitrogen and oxygen atoms in total. The second-order valence-corrected chi connectivity index (χ2v) is 4.79. The lowest BCUT2D eigenvalue weighted by Crippen LogP contribution is -2.02. The van der Waals surface area contributed by atoms with E-state index in [-0.39, 0.29) is 17.2 Å². The van der Waals surface area contributed by atoms with Crippen molar-refractivity contribution in [3.8, 4) is 11.6 Å². The molecule has 1 N–H and O–H groups in total. The summed E-state index contributed by atoms with van der Waals surface area (Å²) in [6.07, 6.45) is 0. The molecule has 1 heterocycles. The molecule has 19 heavy (non-hydrogen) atoms. The maximum Gasteiger partial charge on any atom is 0.343 e. The molecule has 0 spiro atoms. The fraction of sp³-hybridized carbons (Fsp3) is 0.167. The number of aromatic nitrogens is 2. The van der Waals surface area contributed by atoms with Gasteiger partial charge in [-0.15, -0.1) is 0 Å². The first-order valence-corrected chi connectivity index (χ1v) is 6.09. The predicted octanol–water partition coefficient (Wildman–Crippen LogP) is 3.12. The van der Waals surface area contributed by atoms with E-state index in [1.807, 2.05) is 0 Å². The van der Waals surface area contributed by atoms with Gasteiger partial charge in [0.05, 0.1) is 5.69 Å². The molecule has 0 radical (unpaired) electrons. The third kappa shape index (κ3) is 2.60. The van der Waals surface area contributed by atoms with Gasteiger partial charge in [-0.05, 0) is 25.1 Å². The van der Waals surface area contributed by atoms with Gasteiger partial charge in [-0.2, -0.15) is 5.10 Å². The number of carbonyl (C=O) groups is 1. The average Bonchev–Trinajstić information content (AvgIpc) is 2.57. The first-order chi connectivity index (χ1) is 8.90. The van der Waals surface area contributed by atoms with Gasteiger partial charge in [0.15, 0.2) is 11.6 Å². The predicted molar refractivity (Wildman–Crippen MR) is 69.1 cm³/mol. The number of benzene rings is 1. The number of carboxylic acids is 1. The zero-order valence-corrected chi connectivity index (χ0v) is 11.7. The zero-order valence-electron chi connectivity index (χ0n) is 10.1. The van der Waals surface area contributed by atoms with Crippen LogP contribution in [-0.2, 0) is 7.05 Å². The van der Waals surface area contributed by atoms with Crippen molar-refractivity contribution < 1.29 is 19.0 Å². The van der Waals surface area contributed by atoms with E-state index >= 15 is 0 Å². The minimum absolute atomic E-state index is 0.00813. The van der Waals surface area contributed by atoms with Gasteiger partial charge in [-0.1, -0.05) is 15.9 Å². The monoisotopic (exact) mass is 328 g/mol. The first kappa shape index (κ1) is 13.5. The molecule has 0 unspecified atom stereocenters. The summed E-state index contributed by atoms with van der Waals surface area (Å²) >= 11 is 3.13. The molecule has 0 aliphatic carbocycles. The number of rotatable bonds is 3. The Bertz CT molecular complexity index is 655. The summed E-state index contributed by atoms with van der Waals surface area (Å²) in [6.45, 7) is 1.55. The maximum absolute atomic E-state index is 13.7. The molecular formula is C12H10BrFN2O3. The standard InChI is InChI=1S/C12H10BrFN2O3/c1-6-10(12(17)18)11(16(2)15-6)19-9-4-3-7(13)5-8(9)14/h3-5H,1-2H3,(H,17,18). The second kappa shape index (κ2) is 5.00. The lowest BCUT2D eigenvalue weighted by atomic mass is 10.2. The molecule has 0 saturated heterocycles. The van der Waals surface area contributed by atoms with Crippen molar-refractivity contribution in [3.05, 3.63) is 39.7 Å². The molecule has 1 aromatic carbocycles. The Morgan fingerprint density at radius 3 is 2.79 bits per heavy atom. The van der Waals surface area contributed by atoms with Crippen molar-refractivity contribution in [3.63, 3.8) is 0 Å². The summed E-state index contributed by atoms with van der Waals surface area (Å²) < 4.78 is 20.8. The van der Waals surface area contributed by atoms with Crippen molar-refractivity contribution in [1.29, 1.82) is 0 Å². The Kier molecular flexibility index (Phi) is 3.57. The van der Waals surface area contributed by atoms with Crippen LogP contribution in [0.15, 0.2) is 22.7 Å². The Labute approximate surface area is 116 Å². The first-order valence-electron chi connectivity index (χ1n) is 5.30. The average molecular weight is 329 g/mol. The summed E-state index contributed by atoms with van der Waals surface area (Å²) in [5.41, 5.74) is 0.229. The molecular weight excluding hydrogens is 319 g/mol. The lowest BCUT2D eigenvalue weighted by Gasteiger charge is -2.08. The number of nitrogens with zero attached hydrogens (tertiary/aromatic N) is 2. The van der Waals surface area contributed by atoms with E-state index in [1.54, 1.807) is 13.0 Å². The van der Waals surface area contributed by atoms with Crippen molar-refractivity contribution in [1.82, 2.24) is 9.78 Å². The van der Waals surface area contributed by atoms with E-state index < -0.39 is 11.8 Å². The number of aryl methyl sites for hydroxylation is 2. The van der Waals surface area contributed by atoms with Crippen LogP contribution >= 0.6 is 15.9 Å². The molecule has 1 aromatic heterocycles. The zero-order chi connectivity index (χ0) is 14.2. The van der Waals surface area contributed by atoms with Gasteiger partial charge in [0.2, 0.25) is 5.88 Å². The molecule has 7 heteroatoms. The van der Waals surface area contributed by atoms with Gasteiger partial charge in [-0.3, -0.25) is 0 Å². The van der Waals surface area contributed by atoms with Crippen molar-refractivity contribution in [2.75, 3.05) is 0 Å². The van der Waals surface area contributed by atoms with Crippen LogP contribution in [0.1, 0.15) is 16.1 Å². The van der Waals surface area contributed by atoms with E-state index in [9.17, 15) is 9.18 Å².